The average Bonchev–Trinajstić information content (AvgIpc) is 4.17. The minimum atomic E-state index is -0.909. The van der Waals surface area contributed by atoms with Crippen molar-refractivity contribution in [3.05, 3.63) is 65.6 Å². The highest BCUT2D eigenvalue weighted by molar-refractivity contribution is 6.07. The van der Waals surface area contributed by atoms with Crippen molar-refractivity contribution in [3.63, 3.8) is 0 Å². The molecule has 0 bridgehead atoms. The second-order valence-electron chi connectivity index (χ2n) is 18.0. The summed E-state index contributed by atoms with van der Waals surface area (Å²) in [5.41, 5.74) is 7.90. The number of nitrogens with zero attached hydrogens (tertiary/aromatic N) is 4. The Kier molecular flexibility index (Phi) is 12.6. The number of benzene rings is 3. The van der Waals surface area contributed by atoms with Gasteiger partial charge in [0.1, 0.15) is 30.3 Å². The van der Waals surface area contributed by atoms with Gasteiger partial charge in [0.25, 0.3) is 0 Å². The van der Waals surface area contributed by atoms with Gasteiger partial charge >= 0.3 is 12.2 Å². The number of hydrogen-bond donors (Lipinski definition) is 3. The molecule has 3 aromatic carbocycles. The van der Waals surface area contributed by atoms with Crippen LogP contribution < -0.4 is 15.4 Å². The summed E-state index contributed by atoms with van der Waals surface area (Å²) in [7, 11) is 4.11. The number of carbonyl (C=O) groups excluding carboxylic acids is 4. The number of rotatable bonds is 11. The Labute approximate surface area is 378 Å². The molecule has 0 spiro atoms. The van der Waals surface area contributed by atoms with E-state index in [1.54, 1.807) is 6.92 Å². The monoisotopic (exact) mass is 889 g/mol. The van der Waals surface area contributed by atoms with Crippen LogP contribution in [0.4, 0.5) is 15.3 Å². The predicted molar refractivity (Wildman–Crippen MR) is 243 cm³/mol. The molecule has 4 amide bonds. The molecule has 0 aliphatic carbocycles. The first-order valence-electron chi connectivity index (χ1n) is 22.9. The Morgan fingerprint density at radius 1 is 0.877 bits per heavy atom. The molecule has 3 saturated heterocycles. The molecular formula is C49H59N7O9. The Morgan fingerprint density at radius 2 is 1.65 bits per heavy atom. The number of aliphatic imine (C=N–C) groups is 1. The van der Waals surface area contributed by atoms with E-state index in [9.17, 15) is 19.2 Å². The van der Waals surface area contributed by atoms with Crippen LogP contribution in [-0.2, 0) is 41.6 Å². The molecule has 16 heteroatoms. The fraction of sp³-hybridized carbons (Fsp3) is 0.510. The minimum Gasteiger partial charge on any atom is -0.488 e. The van der Waals surface area contributed by atoms with Gasteiger partial charge in [0.2, 0.25) is 11.8 Å². The summed E-state index contributed by atoms with van der Waals surface area (Å²) in [6.07, 6.45) is 5.92. The van der Waals surface area contributed by atoms with Gasteiger partial charge < -0.3 is 49.1 Å². The number of imidazole rings is 1. The molecule has 5 aliphatic heterocycles. The van der Waals surface area contributed by atoms with Crippen molar-refractivity contribution >= 4 is 46.2 Å². The molecule has 3 N–H and O–H groups in total. The first-order chi connectivity index (χ1) is 31.5. The highest BCUT2D eigenvalue weighted by atomic mass is 16.5. The predicted octanol–water partition coefficient (Wildman–Crippen LogP) is 7.15. The molecular weight excluding hydrogens is 831 g/mol. The second-order valence-corrected chi connectivity index (χ2v) is 18.0. The van der Waals surface area contributed by atoms with E-state index < -0.39 is 30.4 Å². The van der Waals surface area contributed by atoms with Crippen LogP contribution in [0.2, 0.25) is 0 Å². The number of nitrogens with one attached hydrogen (secondary N) is 3. The number of amides is 4. The zero-order chi connectivity index (χ0) is 45.5. The van der Waals surface area contributed by atoms with Crippen molar-refractivity contribution in [1.29, 1.82) is 0 Å². The number of fused-ring (bicyclic) bond motifs is 6. The minimum absolute atomic E-state index is 0.0224. The van der Waals surface area contributed by atoms with E-state index >= 15 is 0 Å². The van der Waals surface area contributed by atoms with Gasteiger partial charge in [-0.25, -0.2) is 14.6 Å². The van der Waals surface area contributed by atoms with Gasteiger partial charge in [-0.1, -0.05) is 25.1 Å². The molecule has 65 heavy (non-hydrogen) atoms. The maximum atomic E-state index is 14.4. The second kappa shape index (κ2) is 18.5. The smallest absolute Gasteiger partial charge is 0.407 e. The van der Waals surface area contributed by atoms with E-state index in [-0.39, 0.29) is 41.9 Å². The molecule has 6 heterocycles. The fourth-order valence-electron chi connectivity index (χ4n) is 10.8. The summed E-state index contributed by atoms with van der Waals surface area (Å²) in [5, 5.41) is 7.69. The van der Waals surface area contributed by atoms with Gasteiger partial charge in [-0.3, -0.25) is 14.6 Å². The summed E-state index contributed by atoms with van der Waals surface area (Å²) >= 11 is 0. The third kappa shape index (κ3) is 8.30. The fourth-order valence-corrected chi connectivity index (χ4v) is 10.8. The van der Waals surface area contributed by atoms with E-state index in [0.717, 1.165) is 99.4 Å². The molecule has 0 radical (unpaired) electrons. The quantitative estimate of drug-likeness (QED) is 0.140. The molecule has 344 valence electrons. The number of aromatic amines is 1. The van der Waals surface area contributed by atoms with E-state index in [1.165, 1.54) is 21.3 Å². The van der Waals surface area contributed by atoms with Gasteiger partial charge in [-0.15, -0.1) is 0 Å². The van der Waals surface area contributed by atoms with Crippen LogP contribution in [-0.4, -0.2) is 120 Å². The number of H-pyrrole nitrogens is 1. The molecule has 4 aromatic rings. The third-order valence-corrected chi connectivity index (χ3v) is 14.4. The summed E-state index contributed by atoms with van der Waals surface area (Å²) < 4.78 is 27.4. The van der Waals surface area contributed by atoms with Crippen LogP contribution in [0.1, 0.15) is 88.7 Å². The summed E-state index contributed by atoms with van der Waals surface area (Å²) in [4.78, 5) is 70.6. The number of hydrogen-bond acceptors (Lipinski definition) is 11. The molecule has 7 atom stereocenters. The van der Waals surface area contributed by atoms with Gasteiger partial charge in [-0.05, 0) is 122 Å². The number of aromatic nitrogens is 2. The Balaban J connectivity index is 0.937. The standard InChI is InChI=1S/C49H59N7O9/c1-7-32-11-15-41(56(32)47(58)44(54-49(60)63-6)28-16-18-64-19-17-28)45-50-24-39(52-45)30-9-12-33-31(20-30)25-65-42-23-34-29(21-36(33)42)10-13-37-35(34)22-38(51-37)40-14-8-26(2)55(40)46(57)43(27(3)61-4)53-48(59)62-5/h9-10,12-13,20-21,23-24,26-28,32,40-41,43-44H,7-8,11,14-19,22,25H2,1-6H3,(H,50,52)(H,53,59)(H,54,60)/t26-,27+,32-,40-,41-,43?,44-/m0/s1. The average molecular weight is 890 g/mol. The van der Waals surface area contributed by atoms with Crippen LogP contribution in [0.25, 0.3) is 33.2 Å². The maximum Gasteiger partial charge on any atom is 0.407 e. The van der Waals surface area contributed by atoms with Crippen molar-refractivity contribution < 1.29 is 42.9 Å². The Bertz CT molecular complexity index is 2520. The summed E-state index contributed by atoms with van der Waals surface area (Å²) in [6, 6.07) is 12.7. The van der Waals surface area contributed by atoms with Crippen molar-refractivity contribution in [2.75, 3.05) is 34.5 Å². The maximum absolute atomic E-state index is 14.4. The van der Waals surface area contributed by atoms with E-state index in [1.807, 2.05) is 22.9 Å². The van der Waals surface area contributed by atoms with E-state index in [0.29, 0.717) is 39.1 Å². The van der Waals surface area contributed by atoms with Crippen LogP contribution in [0.3, 0.4) is 0 Å². The topological polar surface area (TPSA) is 186 Å². The SMILES string of the molecule is CC[C@H]1CC[C@@H](c2ncc(-c3ccc4c(c3)COc3cc5c6c(ccc5cc3-4)N=C([C@@H]3CC[C@H](C)N3C(=O)C(NC(=O)OC)[C@@H](C)OC)C6)[nH]2)N1C(=O)[C@@H](NC(=O)OC)C1CCOCC1. The number of methoxy groups -OCH3 is 3. The number of likely N-dealkylation sites (tertiary alicyclic amines) is 2. The van der Waals surface area contributed by atoms with Gasteiger partial charge in [0.15, 0.2) is 0 Å². The lowest BCUT2D eigenvalue weighted by Gasteiger charge is -2.36. The Morgan fingerprint density at radius 3 is 2.40 bits per heavy atom. The number of alkyl carbamates (subject to hydrolysis) is 2. The molecule has 5 aliphatic rings. The van der Waals surface area contributed by atoms with Crippen LogP contribution >= 0.6 is 0 Å². The Hall–Kier alpha value is -6.00. The highest BCUT2D eigenvalue weighted by Crippen LogP contribution is 2.45. The van der Waals surface area contributed by atoms with Gasteiger partial charge in [0.05, 0.1) is 50.0 Å². The lowest BCUT2D eigenvalue weighted by atomic mass is 9.90. The normalized spacial score (nSPS) is 22.8. The summed E-state index contributed by atoms with van der Waals surface area (Å²) in [6.45, 7) is 7.38. The molecule has 3 fully saturated rings. The van der Waals surface area contributed by atoms with Crippen molar-refractivity contribution in [1.82, 2.24) is 30.4 Å². The van der Waals surface area contributed by atoms with Crippen molar-refractivity contribution in [2.45, 2.75) is 121 Å². The lowest BCUT2D eigenvalue weighted by Crippen LogP contribution is -2.57. The zero-order valence-corrected chi connectivity index (χ0v) is 38.0. The van der Waals surface area contributed by atoms with Crippen molar-refractivity contribution in [2.24, 2.45) is 10.9 Å². The van der Waals surface area contributed by atoms with Crippen LogP contribution in [0.15, 0.2) is 53.7 Å². The van der Waals surface area contributed by atoms with Crippen LogP contribution in [0, 0.1) is 5.92 Å². The molecule has 0 saturated carbocycles. The first-order valence-corrected chi connectivity index (χ1v) is 22.9. The molecule has 9 rings (SSSR count). The van der Waals surface area contributed by atoms with Gasteiger partial charge in [0, 0.05) is 50.1 Å². The lowest BCUT2D eigenvalue weighted by molar-refractivity contribution is -0.139. The molecule has 1 unspecified atom stereocenters. The molecule has 1 aromatic heterocycles. The number of ether oxygens (including phenoxy) is 5. The summed E-state index contributed by atoms with van der Waals surface area (Å²) in [5.74, 6) is 1.15. The largest absolute Gasteiger partial charge is 0.488 e. The van der Waals surface area contributed by atoms with E-state index in [4.69, 9.17) is 33.7 Å². The molecule has 16 nitrogen and oxygen atoms in total. The third-order valence-electron chi connectivity index (χ3n) is 14.4. The van der Waals surface area contributed by atoms with Gasteiger partial charge in [-0.2, -0.15) is 0 Å². The van der Waals surface area contributed by atoms with Crippen molar-refractivity contribution in [3.8, 4) is 28.1 Å². The van der Waals surface area contributed by atoms with Crippen LogP contribution in [0.5, 0.6) is 5.75 Å². The highest BCUT2D eigenvalue weighted by Gasteiger charge is 2.45. The van der Waals surface area contributed by atoms with E-state index in [2.05, 4.69) is 65.0 Å². The zero-order valence-electron chi connectivity index (χ0n) is 38.0. The first kappa shape index (κ1) is 44.2. The number of carbonyl (C=O) groups is 4.